The van der Waals surface area contributed by atoms with Crippen LogP contribution in [-0.4, -0.2) is 22.3 Å². The fraction of sp³-hybridized carbons (Fsp3) is 0.111. The summed E-state index contributed by atoms with van der Waals surface area (Å²) < 4.78 is 1.14. The predicted octanol–water partition coefficient (Wildman–Crippen LogP) is 0.595. The third-order valence-corrected chi connectivity index (χ3v) is 3.23. The quantitative estimate of drug-likeness (QED) is 0.601. The maximum Gasteiger partial charge on any atom is 0.499 e. The first-order valence-electron chi connectivity index (χ1n) is 4.17. The second-order valence-corrected chi connectivity index (χ2v) is 4.31. The van der Waals surface area contributed by atoms with Crippen molar-refractivity contribution in [3.63, 3.8) is 0 Å². The van der Waals surface area contributed by atoms with Gasteiger partial charge in [0.05, 0.1) is 4.70 Å². The molecule has 3 nitrogen and oxygen atoms in total. The molecule has 0 amide bonds. The Balaban J connectivity index is 2.70. The van der Waals surface area contributed by atoms with E-state index in [9.17, 15) is 5.11 Å². The number of thiophene rings is 1. The number of benzene rings is 1. The van der Waals surface area contributed by atoms with E-state index in [-0.39, 0.29) is 5.75 Å². The molecule has 0 aliphatic rings. The van der Waals surface area contributed by atoms with Gasteiger partial charge >= 0.3 is 7.12 Å². The van der Waals surface area contributed by atoms with Gasteiger partial charge in [-0.2, -0.15) is 0 Å². The monoisotopic (exact) mass is 208 g/mol. The van der Waals surface area contributed by atoms with Crippen LogP contribution < -0.4 is 4.78 Å². The average molecular weight is 208 g/mol. The van der Waals surface area contributed by atoms with Crippen LogP contribution in [0.15, 0.2) is 18.2 Å². The SMILES string of the molecule is Cc1cc(O)c2sc(B(O)O)cc2c1. The zero-order valence-corrected chi connectivity index (χ0v) is 8.38. The van der Waals surface area contributed by atoms with Crippen molar-refractivity contribution in [3.8, 4) is 5.75 Å². The van der Waals surface area contributed by atoms with Gasteiger partial charge in [-0.1, -0.05) is 6.07 Å². The largest absolute Gasteiger partial charge is 0.506 e. The molecule has 0 bridgehead atoms. The molecule has 0 atom stereocenters. The van der Waals surface area contributed by atoms with Gasteiger partial charge in [0.2, 0.25) is 0 Å². The van der Waals surface area contributed by atoms with Crippen LogP contribution in [0.25, 0.3) is 10.1 Å². The zero-order valence-electron chi connectivity index (χ0n) is 7.56. The van der Waals surface area contributed by atoms with Crippen LogP contribution in [0.2, 0.25) is 0 Å². The number of hydrogen-bond donors (Lipinski definition) is 3. The van der Waals surface area contributed by atoms with E-state index in [2.05, 4.69) is 0 Å². The van der Waals surface area contributed by atoms with E-state index in [0.717, 1.165) is 10.9 Å². The number of aryl methyl sites for hydroxylation is 1. The first kappa shape index (κ1) is 9.52. The minimum absolute atomic E-state index is 0.192. The van der Waals surface area contributed by atoms with E-state index in [1.807, 2.05) is 13.0 Å². The van der Waals surface area contributed by atoms with Gasteiger partial charge in [-0.3, -0.25) is 0 Å². The minimum Gasteiger partial charge on any atom is -0.506 e. The number of phenols is 1. The van der Waals surface area contributed by atoms with Crippen molar-refractivity contribution in [3.05, 3.63) is 23.8 Å². The Labute approximate surface area is 85.4 Å². The Hall–Kier alpha value is -1.04. The summed E-state index contributed by atoms with van der Waals surface area (Å²) in [6.07, 6.45) is 0. The van der Waals surface area contributed by atoms with E-state index in [1.165, 1.54) is 11.3 Å². The maximum absolute atomic E-state index is 9.59. The van der Waals surface area contributed by atoms with Crippen molar-refractivity contribution < 1.29 is 15.2 Å². The Kier molecular flexibility index (Phi) is 2.22. The summed E-state index contributed by atoms with van der Waals surface area (Å²) in [5.74, 6) is 0.192. The van der Waals surface area contributed by atoms with Crippen molar-refractivity contribution in [2.24, 2.45) is 0 Å². The summed E-state index contributed by atoms with van der Waals surface area (Å²) in [5, 5.41) is 28.4. The number of rotatable bonds is 1. The highest BCUT2D eigenvalue weighted by atomic mass is 32.1. The Morgan fingerprint density at radius 1 is 1.21 bits per heavy atom. The molecular formula is C9H9BO3S. The molecule has 0 unspecified atom stereocenters. The molecule has 2 aromatic rings. The summed E-state index contributed by atoms with van der Waals surface area (Å²) >= 11 is 1.19. The van der Waals surface area contributed by atoms with Gasteiger partial charge in [0.15, 0.2) is 0 Å². The molecule has 1 aromatic carbocycles. The lowest BCUT2D eigenvalue weighted by Gasteiger charge is -1.96. The van der Waals surface area contributed by atoms with Crippen LogP contribution in [0, 0.1) is 6.92 Å². The molecule has 0 aliphatic carbocycles. The van der Waals surface area contributed by atoms with Gasteiger partial charge in [-0.05, 0) is 30.0 Å². The molecule has 3 N–H and O–H groups in total. The molecule has 0 aliphatic heterocycles. The molecule has 0 radical (unpaired) electrons. The molecule has 0 saturated carbocycles. The Bertz CT molecular complexity index is 478. The number of fused-ring (bicyclic) bond motifs is 1. The zero-order chi connectivity index (χ0) is 10.3. The summed E-state index contributed by atoms with van der Waals surface area (Å²) in [6.45, 7) is 1.88. The first-order chi connectivity index (χ1) is 6.58. The van der Waals surface area contributed by atoms with E-state index < -0.39 is 7.12 Å². The molecule has 0 saturated heterocycles. The highest BCUT2D eigenvalue weighted by Crippen LogP contribution is 2.29. The van der Waals surface area contributed by atoms with Crippen LogP contribution >= 0.6 is 11.3 Å². The second kappa shape index (κ2) is 3.27. The lowest BCUT2D eigenvalue weighted by atomic mass is 9.89. The highest BCUT2D eigenvalue weighted by Gasteiger charge is 2.16. The van der Waals surface area contributed by atoms with Gasteiger partial charge in [-0.25, -0.2) is 0 Å². The third-order valence-electron chi connectivity index (χ3n) is 2.01. The molecule has 2 rings (SSSR count). The van der Waals surface area contributed by atoms with Crippen LogP contribution in [0.4, 0.5) is 0 Å². The lowest BCUT2D eigenvalue weighted by Crippen LogP contribution is -2.26. The number of phenolic OH excluding ortho intramolecular Hbond substituents is 1. The molecule has 1 heterocycles. The highest BCUT2D eigenvalue weighted by molar-refractivity contribution is 7.28. The van der Waals surface area contributed by atoms with Gasteiger partial charge < -0.3 is 15.2 Å². The predicted molar refractivity (Wildman–Crippen MR) is 58.1 cm³/mol. The van der Waals surface area contributed by atoms with Gasteiger partial charge in [0.1, 0.15) is 5.75 Å². The standard InChI is InChI=1S/C9H9BO3S/c1-5-2-6-4-8(10(12)13)14-9(6)7(11)3-5/h2-4,11-13H,1H3. The maximum atomic E-state index is 9.59. The van der Waals surface area contributed by atoms with Crippen molar-refractivity contribution in [2.45, 2.75) is 6.92 Å². The van der Waals surface area contributed by atoms with Crippen molar-refractivity contribution in [2.75, 3.05) is 0 Å². The van der Waals surface area contributed by atoms with Gasteiger partial charge in [-0.15, -0.1) is 11.3 Å². The molecule has 0 spiro atoms. The van der Waals surface area contributed by atoms with Gasteiger partial charge in [0, 0.05) is 4.78 Å². The second-order valence-electron chi connectivity index (χ2n) is 3.22. The van der Waals surface area contributed by atoms with Crippen LogP contribution in [0.3, 0.4) is 0 Å². The van der Waals surface area contributed by atoms with Crippen LogP contribution in [0.5, 0.6) is 5.75 Å². The fourth-order valence-electron chi connectivity index (χ4n) is 1.43. The number of aromatic hydroxyl groups is 1. The normalized spacial score (nSPS) is 10.8. The minimum atomic E-state index is -1.47. The lowest BCUT2D eigenvalue weighted by molar-refractivity contribution is 0.427. The van der Waals surface area contributed by atoms with Gasteiger partial charge in [0.25, 0.3) is 0 Å². The van der Waals surface area contributed by atoms with Crippen LogP contribution in [-0.2, 0) is 0 Å². The molecule has 1 aromatic heterocycles. The van der Waals surface area contributed by atoms with Crippen molar-refractivity contribution >= 4 is 33.3 Å². The molecule has 72 valence electrons. The first-order valence-corrected chi connectivity index (χ1v) is 4.99. The summed E-state index contributed by atoms with van der Waals surface area (Å²) in [5.41, 5.74) is 0.951. The smallest absolute Gasteiger partial charge is 0.499 e. The number of hydrogen-bond acceptors (Lipinski definition) is 4. The van der Waals surface area contributed by atoms with Crippen LogP contribution in [0.1, 0.15) is 5.56 Å². The fourth-order valence-corrected chi connectivity index (χ4v) is 2.35. The third kappa shape index (κ3) is 1.50. The van der Waals surface area contributed by atoms with Crippen molar-refractivity contribution in [1.82, 2.24) is 0 Å². The summed E-state index contributed by atoms with van der Waals surface area (Å²) in [6, 6.07) is 5.24. The molecule has 0 fully saturated rings. The van der Waals surface area contributed by atoms with E-state index in [4.69, 9.17) is 10.0 Å². The van der Waals surface area contributed by atoms with E-state index >= 15 is 0 Å². The van der Waals surface area contributed by atoms with E-state index in [0.29, 0.717) is 9.48 Å². The molecule has 5 heteroatoms. The summed E-state index contributed by atoms with van der Waals surface area (Å²) in [4.78, 5) is 0. The molecular weight excluding hydrogens is 199 g/mol. The summed E-state index contributed by atoms with van der Waals surface area (Å²) in [7, 11) is -1.47. The van der Waals surface area contributed by atoms with E-state index in [1.54, 1.807) is 12.1 Å². The average Bonchev–Trinajstić information content (AvgIpc) is 2.47. The molecule has 14 heavy (non-hydrogen) atoms. The van der Waals surface area contributed by atoms with Crippen molar-refractivity contribution in [1.29, 1.82) is 0 Å². The Morgan fingerprint density at radius 2 is 1.93 bits per heavy atom. The Morgan fingerprint density at radius 3 is 2.57 bits per heavy atom. The topological polar surface area (TPSA) is 60.7 Å².